The van der Waals surface area contributed by atoms with E-state index in [0.717, 1.165) is 0 Å². The highest BCUT2D eigenvalue weighted by Crippen LogP contribution is 2.37. The number of hydrogen-bond donors (Lipinski definition) is 6. The smallest absolute Gasteiger partial charge is 0.409 e. The quantitative estimate of drug-likeness (QED) is 0.143. The van der Waals surface area contributed by atoms with Crippen LogP contribution < -0.4 is 29.6 Å². The number of carbonyl (C=O) groups is 4. The van der Waals surface area contributed by atoms with E-state index in [1.165, 1.54) is 48.3 Å². The number of likely N-dealkylation sites (tertiary alicyclic amines) is 2. The first kappa shape index (κ1) is 34.9. The summed E-state index contributed by atoms with van der Waals surface area (Å²) in [6.45, 7) is 1.00. The van der Waals surface area contributed by atoms with E-state index in [2.05, 4.69) is 10.6 Å². The van der Waals surface area contributed by atoms with Crippen molar-refractivity contribution in [3.63, 3.8) is 0 Å². The Hall–Kier alpha value is -4.96. The van der Waals surface area contributed by atoms with Gasteiger partial charge in [0, 0.05) is 25.2 Å². The third kappa shape index (κ3) is 8.26. The molecule has 0 saturated carbocycles. The summed E-state index contributed by atoms with van der Waals surface area (Å²) >= 11 is 0. The molecule has 2 saturated heterocycles. The first-order valence-corrected chi connectivity index (χ1v) is 15.1. The lowest BCUT2D eigenvalue weighted by Crippen LogP contribution is -2.53. The van der Waals surface area contributed by atoms with Gasteiger partial charge in [-0.2, -0.15) is 0 Å². The van der Waals surface area contributed by atoms with Crippen LogP contribution in [0.4, 0.5) is 21.0 Å². The van der Waals surface area contributed by atoms with E-state index in [1.54, 1.807) is 0 Å². The van der Waals surface area contributed by atoms with Crippen molar-refractivity contribution in [2.75, 3.05) is 64.4 Å². The van der Waals surface area contributed by atoms with Gasteiger partial charge in [-0.25, -0.2) is 9.59 Å². The number of nitrogens with zero attached hydrogens (tertiary/aromatic N) is 2. The molecule has 2 aromatic rings. The second-order valence-electron chi connectivity index (χ2n) is 11.0. The van der Waals surface area contributed by atoms with E-state index >= 15 is 0 Å². The fraction of sp³-hybridized carbons (Fsp3) is 0.484. The molecule has 16 nitrogen and oxygen atoms in total. The first-order chi connectivity index (χ1) is 22.6. The molecule has 0 aromatic heterocycles. The number of rotatable bonds is 16. The van der Waals surface area contributed by atoms with Crippen LogP contribution in [0.5, 0.6) is 23.0 Å². The number of unbranched alkanes of at least 4 members (excludes halogenated alkanes) is 2. The van der Waals surface area contributed by atoms with Crippen molar-refractivity contribution >= 4 is 35.4 Å². The molecule has 0 bridgehead atoms. The van der Waals surface area contributed by atoms with Crippen molar-refractivity contribution in [3.8, 4) is 23.0 Å². The number of hydrogen-bond acceptors (Lipinski definition) is 10. The second-order valence-corrected chi connectivity index (χ2v) is 11.0. The third-order valence-electron chi connectivity index (χ3n) is 8.09. The fourth-order valence-electron chi connectivity index (χ4n) is 5.31. The number of anilines is 2. The summed E-state index contributed by atoms with van der Waals surface area (Å²) in [6, 6.07) is 4.97. The van der Waals surface area contributed by atoms with E-state index in [-0.39, 0.29) is 84.0 Å². The lowest BCUT2D eigenvalue weighted by molar-refractivity contribution is 0.0293. The van der Waals surface area contributed by atoms with Crippen molar-refractivity contribution in [2.24, 2.45) is 0 Å². The number of aliphatic hydroxyl groups is 2. The maximum Gasteiger partial charge on any atom is 0.409 e. The van der Waals surface area contributed by atoms with Crippen LogP contribution in [0.25, 0.3) is 0 Å². The summed E-state index contributed by atoms with van der Waals surface area (Å²) < 4.78 is 22.6. The fourth-order valence-corrected chi connectivity index (χ4v) is 5.31. The SMILES string of the molecule is COc1cc(C(=O)N2CC[C@H]2CO)c(NC(=O)O)cc1OCCCCCOc1cc(NC(=O)O)c(C(=O)N2CC[C@H]2CO)cc1OC. The minimum Gasteiger partial charge on any atom is -0.493 e. The zero-order chi connectivity index (χ0) is 34.1. The Bertz CT molecular complexity index is 1360. The third-order valence-corrected chi connectivity index (χ3v) is 8.09. The van der Waals surface area contributed by atoms with Crippen LogP contribution in [0, 0.1) is 0 Å². The van der Waals surface area contributed by atoms with Gasteiger partial charge in [-0.1, -0.05) is 0 Å². The van der Waals surface area contributed by atoms with Crippen LogP contribution in [0.3, 0.4) is 0 Å². The second kappa shape index (κ2) is 16.0. The van der Waals surface area contributed by atoms with Gasteiger partial charge < -0.3 is 49.2 Å². The zero-order valence-corrected chi connectivity index (χ0v) is 26.2. The Labute approximate surface area is 270 Å². The summed E-state index contributed by atoms with van der Waals surface area (Å²) in [4.78, 5) is 52.0. The molecule has 2 heterocycles. The molecular weight excluding hydrogens is 620 g/mol. The summed E-state index contributed by atoms with van der Waals surface area (Å²) in [6.07, 6.45) is 0.427. The molecule has 0 spiro atoms. The molecule has 4 rings (SSSR count). The van der Waals surface area contributed by atoms with E-state index < -0.39 is 24.0 Å². The number of carboxylic acid groups (broad SMARTS) is 2. The predicted octanol–water partition coefficient (Wildman–Crippen LogP) is 2.93. The number of methoxy groups -OCH3 is 2. The van der Waals surface area contributed by atoms with Gasteiger partial charge in [-0.05, 0) is 44.2 Å². The van der Waals surface area contributed by atoms with Crippen molar-refractivity contribution in [1.82, 2.24) is 9.80 Å². The summed E-state index contributed by atoms with van der Waals surface area (Å²) in [5, 5.41) is 42.1. The van der Waals surface area contributed by atoms with Gasteiger partial charge in [0.05, 0.1) is 75.2 Å². The molecule has 6 N–H and O–H groups in total. The Morgan fingerprint density at radius 2 is 1.09 bits per heavy atom. The Morgan fingerprint density at radius 3 is 1.38 bits per heavy atom. The molecule has 2 aliphatic rings. The van der Waals surface area contributed by atoms with E-state index in [0.29, 0.717) is 45.2 Å². The Kier molecular flexibility index (Phi) is 11.9. The van der Waals surface area contributed by atoms with Crippen LogP contribution in [0.15, 0.2) is 24.3 Å². The molecule has 2 atom stereocenters. The van der Waals surface area contributed by atoms with Crippen molar-refractivity contribution < 1.29 is 58.6 Å². The number of amides is 4. The maximum absolute atomic E-state index is 13.1. The maximum atomic E-state index is 13.1. The van der Waals surface area contributed by atoms with Crippen molar-refractivity contribution in [1.29, 1.82) is 0 Å². The van der Waals surface area contributed by atoms with Crippen molar-refractivity contribution in [3.05, 3.63) is 35.4 Å². The van der Waals surface area contributed by atoms with Gasteiger partial charge in [-0.3, -0.25) is 20.2 Å². The molecular formula is C31H40N4O12. The number of benzene rings is 2. The molecule has 0 aliphatic carbocycles. The molecule has 2 aromatic carbocycles. The lowest BCUT2D eigenvalue weighted by atomic mass is 10.0. The number of nitrogens with one attached hydrogen (secondary N) is 2. The standard InChI is InChI=1S/C31H40N4O12/c1-44-24-12-20(28(38)34-8-6-18(34)16-36)22(32-30(40)41)14-26(24)46-10-4-3-5-11-47-27-15-23(33-31(42)43)21(13-25(27)45-2)29(39)35-9-7-19(35)17-37/h12-15,18-19,32-33,36-37H,3-11,16-17H2,1-2H3,(H,40,41)(H,42,43)/t18-,19-/m0/s1. The average molecular weight is 661 g/mol. The highest BCUT2D eigenvalue weighted by molar-refractivity contribution is 6.04. The van der Waals surface area contributed by atoms with Crippen LogP contribution in [-0.2, 0) is 0 Å². The highest BCUT2D eigenvalue weighted by Gasteiger charge is 2.35. The Morgan fingerprint density at radius 1 is 0.681 bits per heavy atom. The average Bonchev–Trinajstić information content (AvgIpc) is 2.99. The molecule has 2 fully saturated rings. The number of ether oxygens (including phenoxy) is 4. The first-order valence-electron chi connectivity index (χ1n) is 15.1. The minimum atomic E-state index is -1.35. The summed E-state index contributed by atoms with van der Waals surface area (Å²) in [5.41, 5.74) is 0.228. The molecule has 0 radical (unpaired) electrons. The largest absolute Gasteiger partial charge is 0.493 e. The van der Waals surface area contributed by atoms with Gasteiger partial charge in [0.2, 0.25) is 0 Å². The number of carbonyl (C=O) groups excluding carboxylic acids is 2. The predicted molar refractivity (Wildman–Crippen MR) is 167 cm³/mol. The van der Waals surface area contributed by atoms with E-state index in [9.17, 15) is 39.6 Å². The van der Waals surface area contributed by atoms with Crippen LogP contribution in [0.1, 0.15) is 52.8 Å². The highest BCUT2D eigenvalue weighted by atomic mass is 16.5. The molecule has 47 heavy (non-hydrogen) atoms. The zero-order valence-electron chi connectivity index (χ0n) is 26.2. The van der Waals surface area contributed by atoms with Gasteiger partial charge in [0.25, 0.3) is 11.8 Å². The molecule has 16 heteroatoms. The molecule has 4 amide bonds. The van der Waals surface area contributed by atoms with Gasteiger partial charge in [0.15, 0.2) is 23.0 Å². The van der Waals surface area contributed by atoms with E-state index in [1.807, 2.05) is 0 Å². The lowest BCUT2D eigenvalue weighted by Gasteiger charge is -2.40. The molecule has 256 valence electrons. The van der Waals surface area contributed by atoms with Crippen LogP contribution in [-0.4, -0.2) is 120 Å². The topological polar surface area (TPSA) is 217 Å². The summed E-state index contributed by atoms with van der Waals surface area (Å²) in [7, 11) is 2.81. The summed E-state index contributed by atoms with van der Waals surface area (Å²) in [5.74, 6) is 0.114. The molecule has 2 aliphatic heterocycles. The van der Waals surface area contributed by atoms with Gasteiger partial charge in [0.1, 0.15) is 0 Å². The number of aliphatic hydroxyl groups excluding tert-OH is 2. The van der Waals surface area contributed by atoms with Crippen LogP contribution >= 0.6 is 0 Å². The monoisotopic (exact) mass is 660 g/mol. The van der Waals surface area contributed by atoms with Gasteiger partial charge >= 0.3 is 12.2 Å². The molecule has 0 unspecified atom stereocenters. The Balaban J connectivity index is 1.34. The van der Waals surface area contributed by atoms with E-state index in [4.69, 9.17) is 18.9 Å². The van der Waals surface area contributed by atoms with Gasteiger partial charge in [-0.15, -0.1) is 0 Å². The van der Waals surface area contributed by atoms with Crippen molar-refractivity contribution in [2.45, 2.75) is 44.2 Å². The van der Waals surface area contributed by atoms with Crippen LogP contribution in [0.2, 0.25) is 0 Å². The minimum absolute atomic E-state index is 0.0341. The normalized spacial score (nSPS) is 16.8.